The fraction of sp³-hybridized carbons (Fsp3) is 0.179. The minimum Gasteiger partial charge on any atom is -0.507 e. The van der Waals surface area contributed by atoms with E-state index in [0.717, 1.165) is 21.3 Å². The molecule has 0 saturated carbocycles. The number of rotatable bonds is 6. The van der Waals surface area contributed by atoms with Gasteiger partial charge in [-0.15, -0.1) is 11.3 Å². The Balaban J connectivity index is 1.56. The molecular formula is C28H24N2O5S. The molecule has 1 atom stereocenters. The van der Waals surface area contributed by atoms with Gasteiger partial charge >= 0.3 is 5.97 Å². The normalized spacial score (nSPS) is 17.3. The molecule has 1 aliphatic heterocycles. The first-order chi connectivity index (χ1) is 17.3. The number of ketones is 1. The lowest BCUT2D eigenvalue weighted by atomic mass is 9.99. The lowest BCUT2D eigenvalue weighted by Gasteiger charge is -2.24. The SMILES string of the molecule is CC(C)OC(=O)Cc1ccc(N2C(=O)C(=O)/C(=C(\O)c3c[nH]c4ccccc34)C2c2cccs2)cc1. The molecule has 2 N–H and O–H groups in total. The van der Waals surface area contributed by atoms with Gasteiger partial charge in [0, 0.05) is 33.2 Å². The van der Waals surface area contributed by atoms with Gasteiger partial charge in [0.1, 0.15) is 11.8 Å². The fourth-order valence-electron chi connectivity index (χ4n) is 4.47. The summed E-state index contributed by atoms with van der Waals surface area (Å²) in [5.74, 6) is -2.03. The summed E-state index contributed by atoms with van der Waals surface area (Å²) in [7, 11) is 0. The summed E-state index contributed by atoms with van der Waals surface area (Å²) in [5.41, 5.74) is 2.54. The van der Waals surface area contributed by atoms with Crippen molar-refractivity contribution in [1.82, 2.24) is 4.98 Å². The van der Waals surface area contributed by atoms with Crippen molar-refractivity contribution in [1.29, 1.82) is 0 Å². The summed E-state index contributed by atoms with van der Waals surface area (Å²) in [5, 5.41) is 14.0. The molecule has 2 aromatic carbocycles. The number of nitrogens with zero attached hydrogens (tertiary/aromatic N) is 1. The van der Waals surface area contributed by atoms with E-state index < -0.39 is 17.7 Å². The van der Waals surface area contributed by atoms with Crippen LogP contribution in [0.25, 0.3) is 16.7 Å². The number of aliphatic hydroxyl groups excluding tert-OH is 1. The third-order valence-electron chi connectivity index (χ3n) is 6.03. The third-order valence-corrected chi connectivity index (χ3v) is 6.96. The zero-order chi connectivity index (χ0) is 25.4. The van der Waals surface area contributed by atoms with Crippen molar-refractivity contribution in [2.75, 3.05) is 4.90 Å². The first kappa shape index (κ1) is 23.6. The van der Waals surface area contributed by atoms with Crippen LogP contribution in [-0.2, 0) is 25.5 Å². The van der Waals surface area contributed by atoms with Crippen molar-refractivity contribution in [2.24, 2.45) is 0 Å². The average Bonchev–Trinajstić information content (AvgIpc) is 3.58. The second-order valence-corrected chi connectivity index (χ2v) is 9.79. The molecule has 5 rings (SSSR count). The molecule has 7 nitrogen and oxygen atoms in total. The van der Waals surface area contributed by atoms with Crippen molar-refractivity contribution in [3.05, 3.63) is 93.8 Å². The van der Waals surface area contributed by atoms with Gasteiger partial charge in [-0.05, 0) is 49.1 Å². The van der Waals surface area contributed by atoms with Crippen LogP contribution in [0.4, 0.5) is 5.69 Å². The van der Waals surface area contributed by atoms with Crippen LogP contribution in [-0.4, -0.2) is 33.9 Å². The number of carbonyl (C=O) groups is 3. The van der Waals surface area contributed by atoms with Crippen molar-refractivity contribution < 1.29 is 24.2 Å². The van der Waals surface area contributed by atoms with E-state index in [4.69, 9.17) is 4.74 Å². The number of H-pyrrole nitrogens is 1. The van der Waals surface area contributed by atoms with E-state index in [1.54, 1.807) is 44.3 Å². The summed E-state index contributed by atoms with van der Waals surface area (Å²) in [6.07, 6.45) is 1.54. The number of nitrogens with one attached hydrogen (secondary N) is 1. The second-order valence-electron chi connectivity index (χ2n) is 8.81. The first-order valence-corrected chi connectivity index (χ1v) is 12.4. The summed E-state index contributed by atoms with van der Waals surface area (Å²) in [6.45, 7) is 3.58. The van der Waals surface area contributed by atoms with Gasteiger partial charge in [-0.3, -0.25) is 19.3 Å². The zero-order valence-corrected chi connectivity index (χ0v) is 20.5. The van der Waals surface area contributed by atoms with Crippen molar-refractivity contribution in [2.45, 2.75) is 32.4 Å². The molecule has 1 saturated heterocycles. The van der Waals surface area contributed by atoms with E-state index in [-0.39, 0.29) is 29.8 Å². The van der Waals surface area contributed by atoms with Crippen LogP contribution in [0.15, 0.2) is 77.8 Å². The van der Waals surface area contributed by atoms with Gasteiger partial charge in [-0.2, -0.15) is 0 Å². The number of aromatic amines is 1. The highest BCUT2D eigenvalue weighted by atomic mass is 32.1. The maximum atomic E-state index is 13.3. The molecule has 3 heterocycles. The molecule has 182 valence electrons. The molecule has 1 unspecified atom stereocenters. The highest BCUT2D eigenvalue weighted by Crippen LogP contribution is 2.44. The number of aromatic nitrogens is 1. The Kier molecular flexibility index (Phi) is 6.20. The molecule has 0 aliphatic carbocycles. The van der Waals surface area contributed by atoms with Crippen molar-refractivity contribution in [3.8, 4) is 0 Å². The molecule has 4 aromatic rings. The largest absolute Gasteiger partial charge is 0.507 e. The molecule has 1 fully saturated rings. The molecular weight excluding hydrogens is 476 g/mol. The topological polar surface area (TPSA) is 99.7 Å². The second kappa shape index (κ2) is 9.47. The van der Waals surface area contributed by atoms with Crippen LogP contribution >= 0.6 is 11.3 Å². The Morgan fingerprint density at radius 1 is 1.08 bits per heavy atom. The number of hydrogen-bond acceptors (Lipinski definition) is 6. The van der Waals surface area contributed by atoms with Gasteiger partial charge in [0.2, 0.25) is 0 Å². The predicted octanol–water partition coefficient (Wildman–Crippen LogP) is 5.35. The summed E-state index contributed by atoms with van der Waals surface area (Å²) >= 11 is 1.40. The summed E-state index contributed by atoms with van der Waals surface area (Å²) in [6, 6.07) is 17.2. The number of carbonyl (C=O) groups excluding carboxylic acids is 3. The number of aliphatic hydroxyl groups is 1. The smallest absolute Gasteiger partial charge is 0.310 e. The number of para-hydroxylation sites is 1. The summed E-state index contributed by atoms with van der Waals surface area (Å²) < 4.78 is 5.20. The zero-order valence-electron chi connectivity index (χ0n) is 19.7. The van der Waals surface area contributed by atoms with E-state index in [1.165, 1.54) is 16.2 Å². The van der Waals surface area contributed by atoms with Crippen LogP contribution in [0.2, 0.25) is 0 Å². The lowest BCUT2D eigenvalue weighted by Crippen LogP contribution is -2.29. The highest BCUT2D eigenvalue weighted by Gasteiger charge is 2.47. The Labute approximate surface area is 211 Å². The maximum Gasteiger partial charge on any atom is 0.310 e. The van der Waals surface area contributed by atoms with Crippen molar-refractivity contribution >= 4 is 51.3 Å². The lowest BCUT2D eigenvalue weighted by molar-refractivity contribution is -0.146. The molecule has 1 aliphatic rings. The van der Waals surface area contributed by atoms with Crippen LogP contribution in [0, 0.1) is 0 Å². The van der Waals surface area contributed by atoms with Crippen LogP contribution < -0.4 is 4.90 Å². The predicted molar refractivity (Wildman–Crippen MR) is 139 cm³/mol. The quantitative estimate of drug-likeness (QED) is 0.161. The number of benzene rings is 2. The average molecular weight is 501 g/mol. The maximum absolute atomic E-state index is 13.3. The van der Waals surface area contributed by atoms with E-state index in [2.05, 4.69) is 4.98 Å². The number of amides is 1. The molecule has 36 heavy (non-hydrogen) atoms. The molecule has 1 amide bonds. The Bertz CT molecular complexity index is 1480. The highest BCUT2D eigenvalue weighted by molar-refractivity contribution is 7.10. The molecule has 8 heteroatoms. The third kappa shape index (κ3) is 4.20. The Hall–Kier alpha value is -4.17. The van der Waals surface area contributed by atoms with E-state index in [9.17, 15) is 19.5 Å². The van der Waals surface area contributed by atoms with E-state index in [0.29, 0.717) is 11.3 Å². The van der Waals surface area contributed by atoms with Gasteiger partial charge in [-0.1, -0.05) is 36.4 Å². The van der Waals surface area contributed by atoms with Gasteiger partial charge in [0.25, 0.3) is 11.7 Å². The van der Waals surface area contributed by atoms with Crippen molar-refractivity contribution in [3.63, 3.8) is 0 Å². The number of ether oxygens (including phenoxy) is 1. The number of esters is 1. The van der Waals surface area contributed by atoms with Crippen LogP contribution in [0.3, 0.4) is 0 Å². The van der Waals surface area contributed by atoms with Gasteiger partial charge < -0.3 is 14.8 Å². The Morgan fingerprint density at radius 3 is 2.53 bits per heavy atom. The molecule has 0 radical (unpaired) electrons. The monoisotopic (exact) mass is 500 g/mol. The number of Topliss-reactive ketones (excluding diaryl/α,β-unsaturated/α-hetero) is 1. The van der Waals surface area contributed by atoms with Crippen LogP contribution in [0.5, 0.6) is 0 Å². The molecule has 2 aromatic heterocycles. The van der Waals surface area contributed by atoms with Gasteiger partial charge in [0.15, 0.2) is 0 Å². The first-order valence-electron chi connectivity index (χ1n) is 11.5. The minimum absolute atomic E-state index is 0.0387. The Morgan fingerprint density at radius 2 is 1.83 bits per heavy atom. The fourth-order valence-corrected chi connectivity index (χ4v) is 5.30. The molecule has 0 spiro atoms. The number of fused-ring (bicyclic) bond motifs is 1. The van der Waals surface area contributed by atoms with Gasteiger partial charge in [0.05, 0.1) is 18.1 Å². The van der Waals surface area contributed by atoms with E-state index in [1.807, 2.05) is 41.8 Å². The number of thiophene rings is 1. The van der Waals surface area contributed by atoms with Gasteiger partial charge in [-0.25, -0.2) is 0 Å². The number of hydrogen-bond donors (Lipinski definition) is 2. The standard InChI is InChI=1S/C28H24N2O5S/c1-16(2)35-23(31)14-17-9-11-18(12-10-17)30-25(22-8-5-13-36-22)24(27(33)28(30)34)26(32)20-15-29-21-7-4-3-6-19(20)21/h3-13,15-16,25,29,32H,14H2,1-2H3/b26-24-. The molecule has 0 bridgehead atoms. The minimum atomic E-state index is -0.782. The number of anilines is 1. The summed E-state index contributed by atoms with van der Waals surface area (Å²) in [4.78, 5) is 43.9. The van der Waals surface area contributed by atoms with Crippen LogP contribution in [0.1, 0.15) is 35.9 Å². The van der Waals surface area contributed by atoms with E-state index >= 15 is 0 Å².